The first-order valence-electron chi connectivity index (χ1n) is 6.89. The smallest absolute Gasteiger partial charge is 0.224 e. The van der Waals surface area contributed by atoms with Gasteiger partial charge in [-0.25, -0.2) is 0 Å². The van der Waals surface area contributed by atoms with Gasteiger partial charge in [-0.3, -0.25) is 4.79 Å². The Labute approximate surface area is 106 Å². The van der Waals surface area contributed by atoms with Crippen molar-refractivity contribution in [2.45, 2.75) is 59.4 Å². The molecule has 3 nitrogen and oxygen atoms in total. The van der Waals surface area contributed by atoms with Crippen LogP contribution in [-0.4, -0.2) is 18.5 Å². The summed E-state index contributed by atoms with van der Waals surface area (Å²) in [5.41, 5.74) is 5.91. The van der Waals surface area contributed by atoms with Gasteiger partial charge in [-0.15, -0.1) is 0 Å². The van der Waals surface area contributed by atoms with Crippen molar-refractivity contribution in [2.24, 2.45) is 23.0 Å². The van der Waals surface area contributed by atoms with Gasteiger partial charge in [-0.05, 0) is 24.2 Å². The van der Waals surface area contributed by atoms with E-state index in [1.165, 1.54) is 19.3 Å². The first kappa shape index (κ1) is 14.5. The number of rotatable bonds is 4. The zero-order valence-electron chi connectivity index (χ0n) is 11.8. The summed E-state index contributed by atoms with van der Waals surface area (Å²) < 4.78 is 0. The van der Waals surface area contributed by atoms with Crippen LogP contribution < -0.4 is 11.1 Å². The second-order valence-corrected chi connectivity index (χ2v) is 6.38. The Hall–Kier alpha value is -0.570. The number of nitrogens with two attached hydrogens (primary N) is 1. The van der Waals surface area contributed by atoms with E-state index in [0.717, 1.165) is 6.42 Å². The Morgan fingerprint density at radius 3 is 2.53 bits per heavy atom. The molecule has 0 aromatic carbocycles. The maximum Gasteiger partial charge on any atom is 0.224 e. The van der Waals surface area contributed by atoms with Gasteiger partial charge < -0.3 is 11.1 Å². The number of carbonyl (C=O) groups excluding carboxylic acids is 1. The molecular weight excluding hydrogens is 212 g/mol. The van der Waals surface area contributed by atoms with E-state index >= 15 is 0 Å². The fraction of sp³-hybridized carbons (Fsp3) is 0.929. The molecule has 2 atom stereocenters. The highest BCUT2D eigenvalue weighted by Gasteiger charge is 2.34. The highest BCUT2D eigenvalue weighted by molar-refractivity contribution is 5.79. The van der Waals surface area contributed by atoms with E-state index < -0.39 is 0 Å². The standard InChI is InChI=1S/C14H28N2O/c1-10(2)11(9-15)13(17)16-12-7-5-6-8-14(12,3)4/h10-12H,5-9,15H2,1-4H3,(H,16,17). The maximum absolute atomic E-state index is 12.2. The molecule has 0 aromatic heterocycles. The number of hydrogen-bond acceptors (Lipinski definition) is 2. The lowest BCUT2D eigenvalue weighted by Gasteiger charge is -2.39. The summed E-state index contributed by atoms with van der Waals surface area (Å²) in [7, 11) is 0. The van der Waals surface area contributed by atoms with Crippen molar-refractivity contribution in [3.05, 3.63) is 0 Å². The molecule has 0 radical (unpaired) electrons. The van der Waals surface area contributed by atoms with Crippen molar-refractivity contribution in [3.63, 3.8) is 0 Å². The fourth-order valence-corrected chi connectivity index (χ4v) is 2.72. The number of amides is 1. The summed E-state index contributed by atoms with van der Waals surface area (Å²) in [6, 6.07) is 0.316. The van der Waals surface area contributed by atoms with Gasteiger partial charge in [0.15, 0.2) is 0 Å². The molecule has 0 saturated heterocycles. The van der Waals surface area contributed by atoms with E-state index in [1.807, 2.05) is 0 Å². The van der Waals surface area contributed by atoms with E-state index in [-0.39, 0.29) is 17.2 Å². The SMILES string of the molecule is CC(C)C(CN)C(=O)NC1CCCCC1(C)C. The number of hydrogen-bond donors (Lipinski definition) is 2. The van der Waals surface area contributed by atoms with Crippen LogP contribution in [0.3, 0.4) is 0 Å². The minimum Gasteiger partial charge on any atom is -0.353 e. The lowest BCUT2D eigenvalue weighted by molar-refractivity contribution is -0.127. The van der Waals surface area contributed by atoms with Gasteiger partial charge in [-0.2, -0.15) is 0 Å². The van der Waals surface area contributed by atoms with Crippen LogP contribution in [0.25, 0.3) is 0 Å². The highest BCUT2D eigenvalue weighted by Crippen LogP contribution is 2.35. The molecule has 0 aliphatic heterocycles. The molecule has 17 heavy (non-hydrogen) atoms. The lowest BCUT2D eigenvalue weighted by Crippen LogP contribution is -2.50. The topological polar surface area (TPSA) is 55.1 Å². The average Bonchev–Trinajstić information content (AvgIpc) is 2.21. The second kappa shape index (κ2) is 5.85. The normalized spacial score (nSPS) is 25.6. The predicted octanol–water partition coefficient (Wildman–Crippen LogP) is 2.30. The molecule has 1 fully saturated rings. The van der Waals surface area contributed by atoms with Crippen LogP contribution >= 0.6 is 0 Å². The molecule has 1 rings (SSSR count). The van der Waals surface area contributed by atoms with Crippen molar-refractivity contribution < 1.29 is 4.79 Å². The van der Waals surface area contributed by atoms with Crippen molar-refractivity contribution >= 4 is 5.91 Å². The lowest BCUT2D eigenvalue weighted by atomic mass is 9.73. The van der Waals surface area contributed by atoms with E-state index in [1.54, 1.807) is 0 Å². The van der Waals surface area contributed by atoms with Gasteiger partial charge in [0.05, 0.1) is 5.92 Å². The molecule has 1 aliphatic carbocycles. The molecule has 0 bridgehead atoms. The van der Waals surface area contributed by atoms with Crippen LogP contribution in [-0.2, 0) is 4.79 Å². The van der Waals surface area contributed by atoms with E-state index in [9.17, 15) is 4.79 Å². The maximum atomic E-state index is 12.2. The minimum absolute atomic E-state index is 0.0484. The molecule has 100 valence electrons. The summed E-state index contributed by atoms with van der Waals surface area (Å²) in [6.45, 7) is 9.07. The van der Waals surface area contributed by atoms with Crippen LogP contribution in [0.1, 0.15) is 53.4 Å². The van der Waals surface area contributed by atoms with Gasteiger partial charge in [0.25, 0.3) is 0 Å². The first-order valence-corrected chi connectivity index (χ1v) is 6.89. The summed E-state index contributed by atoms with van der Waals surface area (Å²) in [5, 5.41) is 3.22. The Bertz CT molecular complexity index is 261. The predicted molar refractivity (Wildman–Crippen MR) is 71.6 cm³/mol. The van der Waals surface area contributed by atoms with Crippen LogP contribution in [0, 0.1) is 17.3 Å². The Morgan fingerprint density at radius 1 is 1.41 bits per heavy atom. The molecule has 0 aromatic rings. The molecule has 0 heterocycles. The van der Waals surface area contributed by atoms with Gasteiger partial charge in [-0.1, -0.05) is 40.5 Å². The Morgan fingerprint density at radius 2 is 2.06 bits per heavy atom. The average molecular weight is 240 g/mol. The van der Waals surface area contributed by atoms with Gasteiger partial charge >= 0.3 is 0 Å². The summed E-state index contributed by atoms with van der Waals surface area (Å²) in [6.07, 6.45) is 4.81. The molecule has 2 unspecified atom stereocenters. The molecular formula is C14H28N2O. The first-order chi connectivity index (χ1) is 7.88. The second-order valence-electron chi connectivity index (χ2n) is 6.38. The van der Waals surface area contributed by atoms with Crippen LogP contribution in [0.4, 0.5) is 0 Å². The van der Waals surface area contributed by atoms with Crippen LogP contribution in [0.15, 0.2) is 0 Å². The highest BCUT2D eigenvalue weighted by atomic mass is 16.2. The zero-order chi connectivity index (χ0) is 13.1. The number of nitrogens with one attached hydrogen (secondary N) is 1. The molecule has 1 saturated carbocycles. The Balaban J connectivity index is 2.60. The van der Waals surface area contributed by atoms with Crippen molar-refractivity contribution in [3.8, 4) is 0 Å². The van der Waals surface area contributed by atoms with E-state index in [4.69, 9.17) is 5.73 Å². The van der Waals surface area contributed by atoms with E-state index in [0.29, 0.717) is 18.5 Å². The zero-order valence-corrected chi connectivity index (χ0v) is 11.8. The Kier molecular flexibility index (Phi) is 4.99. The van der Waals surface area contributed by atoms with Gasteiger partial charge in [0, 0.05) is 12.6 Å². The van der Waals surface area contributed by atoms with Gasteiger partial charge in [0.1, 0.15) is 0 Å². The monoisotopic (exact) mass is 240 g/mol. The van der Waals surface area contributed by atoms with Crippen LogP contribution in [0.2, 0.25) is 0 Å². The molecule has 1 aliphatic rings. The van der Waals surface area contributed by atoms with Crippen molar-refractivity contribution in [1.82, 2.24) is 5.32 Å². The molecule has 3 N–H and O–H groups in total. The van der Waals surface area contributed by atoms with E-state index in [2.05, 4.69) is 33.0 Å². The molecule has 3 heteroatoms. The van der Waals surface area contributed by atoms with Gasteiger partial charge in [0.2, 0.25) is 5.91 Å². The summed E-state index contributed by atoms with van der Waals surface area (Å²) in [4.78, 5) is 12.2. The summed E-state index contributed by atoms with van der Waals surface area (Å²) in [5.74, 6) is 0.405. The van der Waals surface area contributed by atoms with Crippen molar-refractivity contribution in [1.29, 1.82) is 0 Å². The molecule has 1 amide bonds. The third kappa shape index (κ3) is 3.70. The summed E-state index contributed by atoms with van der Waals surface area (Å²) >= 11 is 0. The largest absolute Gasteiger partial charge is 0.353 e. The molecule has 0 spiro atoms. The number of carbonyl (C=O) groups is 1. The third-order valence-corrected chi connectivity index (χ3v) is 4.22. The quantitative estimate of drug-likeness (QED) is 0.792. The fourth-order valence-electron chi connectivity index (χ4n) is 2.72. The van der Waals surface area contributed by atoms with Crippen LogP contribution in [0.5, 0.6) is 0 Å². The minimum atomic E-state index is -0.0484. The van der Waals surface area contributed by atoms with Crippen molar-refractivity contribution in [2.75, 3.05) is 6.54 Å². The third-order valence-electron chi connectivity index (χ3n) is 4.22.